The van der Waals surface area contributed by atoms with Crippen LogP contribution < -0.4 is 14.8 Å². The minimum Gasteiger partial charge on any atom is -0.493 e. The molecule has 33 heavy (non-hydrogen) atoms. The molecule has 6 nitrogen and oxygen atoms in total. The second-order valence-corrected chi connectivity index (χ2v) is 8.09. The number of ether oxygens (including phenoxy) is 2. The second-order valence-electron chi connectivity index (χ2n) is 7.65. The Morgan fingerprint density at radius 2 is 1.70 bits per heavy atom. The number of carbonyl (C=O) groups is 2. The lowest BCUT2D eigenvalue weighted by Crippen LogP contribution is -2.44. The number of hydrogen-bond donors (Lipinski definition) is 1. The summed E-state index contributed by atoms with van der Waals surface area (Å²) in [5.74, 6) is -1.49. The summed E-state index contributed by atoms with van der Waals surface area (Å²) in [6, 6.07) is 15.1. The maximum absolute atomic E-state index is 14.9. The fourth-order valence-electron chi connectivity index (χ4n) is 4.22. The Bertz CT molecular complexity index is 1230. The van der Waals surface area contributed by atoms with E-state index in [9.17, 15) is 14.0 Å². The number of hydrogen-bond acceptors (Lipinski definition) is 4. The molecule has 1 heterocycles. The Balaban J connectivity index is 1.90. The van der Waals surface area contributed by atoms with Gasteiger partial charge >= 0.3 is 0 Å². The van der Waals surface area contributed by atoms with Crippen LogP contribution in [0.3, 0.4) is 0 Å². The van der Waals surface area contributed by atoms with Gasteiger partial charge < -0.3 is 19.7 Å². The molecule has 1 aliphatic heterocycles. The molecule has 1 N–H and O–H groups in total. The zero-order valence-electron chi connectivity index (χ0n) is 18.3. The smallest absolute Gasteiger partial charge is 0.254 e. The molecule has 1 aliphatic rings. The normalized spacial score (nSPS) is 17.4. The van der Waals surface area contributed by atoms with Crippen LogP contribution in [0, 0.1) is 5.82 Å². The predicted octanol–water partition coefficient (Wildman–Crippen LogP) is 5.05. The van der Waals surface area contributed by atoms with Crippen LogP contribution in [0.25, 0.3) is 0 Å². The van der Waals surface area contributed by atoms with E-state index in [4.69, 9.17) is 21.1 Å². The number of nitrogens with zero attached hydrogens (tertiary/aromatic N) is 1. The van der Waals surface area contributed by atoms with Crippen molar-refractivity contribution in [2.45, 2.75) is 12.0 Å². The van der Waals surface area contributed by atoms with Crippen LogP contribution in [-0.2, 0) is 4.79 Å². The highest BCUT2D eigenvalue weighted by molar-refractivity contribution is 6.30. The fourth-order valence-corrected chi connectivity index (χ4v) is 4.41. The number of benzene rings is 3. The summed E-state index contributed by atoms with van der Waals surface area (Å²) >= 11 is 6.07. The monoisotopic (exact) mass is 468 g/mol. The van der Waals surface area contributed by atoms with Crippen LogP contribution in [-0.4, -0.2) is 38.0 Å². The minimum absolute atomic E-state index is 0.236. The first-order valence-corrected chi connectivity index (χ1v) is 10.6. The first kappa shape index (κ1) is 22.6. The van der Waals surface area contributed by atoms with Gasteiger partial charge in [0.1, 0.15) is 5.82 Å². The molecular weight excluding hydrogens is 447 g/mol. The average molecular weight is 469 g/mol. The van der Waals surface area contributed by atoms with Gasteiger partial charge in [0.15, 0.2) is 11.5 Å². The number of rotatable bonds is 5. The molecule has 2 amide bonds. The quantitative estimate of drug-likeness (QED) is 0.569. The molecule has 4 rings (SSSR count). The Morgan fingerprint density at radius 1 is 1.00 bits per heavy atom. The Labute approximate surface area is 195 Å². The molecule has 3 aromatic rings. The summed E-state index contributed by atoms with van der Waals surface area (Å²) in [5.41, 5.74) is 1.43. The number of methoxy groups -OCH3 is 2. The van der Waals surface area contributed by atoms with Gasteiger partial charge in [-0.05, 0) is 42.0 Å². The lowest BCUT2D eigenvalue weighted by molar-refractivity contribution is -0.119. The third kappa shape index (κ3) is 4.12. The van der Waals surface area contributed by atoms with E-state index >= 15 is 0 Å². The van der Waals surface area contributed by atoms with E-state index in [0.717, 1.165) is 0 Å². The summed E-state index contributed by atoms with van der Waals surface area (Å²) in [5, 5.41) is 3.32. The van der Waals surface area contributed by atoms with E-state index in [1.165, 1.54) is 25.2 Å². The summed E-state index contributed by atoms with van der Waals surface area (Å²) in [6.07, 6.45) is 0. The Morgan fingerprint density at radius 3 is 2.36 bits per heavy atom. The summed E-state index contributed by atoms with van der Waals surface area (Å²) in [6.45, 7) is 0. The topological polar surface area (TPSA) is 67.9 Å². The van der Waals surface area contributed by atoms with Crippen LogP contribution in [0.1, 0.15) is 33.4 Å². The van der Waals surface area contributed by atoms with E-state index in [1.54, 1.807) is 61.6 Å². The first-order valence-electron chi connectivity index (χ1n) is 10.2. The van der Waals surface area contributed by atoms with Crippen LogP contribution >= 0.6 is 11.6 Å². The Hall–Kier alpha value is -3.58. The molecule has 2 unspecified atom stereocenters. The largest absolute Gasteiger partial charge is 0.493 e. The third-order valence-corrected chi connectivity index (χ3v) is 6.01. The summed E-state index contributed by atoms with van der Waals surface area (Å²) in [7, 11) is 4.49. The fraction of sp³-hybridized carbons (Fsp3) is 0.200. The van der Waals surface area contributed by atoms with Crippen LogP contribution in [0.2, 0.25) is 5.02 Å². The first-order chi connectivity index (χ1) is 15.8. The van der Waals surface area contributed by atoms with Gasteiger partial charge in [-0.3, -0.25) is 9.59 Å². The maximum atomic E-state index is 14.9. The van der Waals surface area contributed by atoms with Crippen LogP contribution in [0.5, 0.6) is 11.5 Å². The lowest BCUT2D eigenvalue weighted by Gasteiger charge is -2.40. The molecule has 170 valence electrons. The standard InChI is InChI=1S/C25H22ClFN2O4/c1-29-23(16-9-4-5-10-19(16)27)22(24(30)28-15-8-6-7-14(26)11-15)17-12-20(32-2)21(33-3)13-18(17)25(29)31/h4-13,22-23H,1-3H3,(H,28,30). The summed E-state index contributed by atoms with van der Waals surface area (Å²) < 4.78 is 25.7. The van der Waals surface area contributed by atoms with Gasteiger partial charge in [-0.1, -0.05) is 35.9 Å². The molecule has 0 radical (unpaired) electrons. The van der Waals surface area contributed by atoms with E-state index in [-0.39, 0.29) is 17.0 Å². The molecule has 0 saturated carbocycles. The number of halogens is 2. The van der Waals surface area contributed by atoms with Crippen molar-refractivity contribution in [3.8, 4) is 11.5 Å². The minimum atomic E-state index is -0.932. The van der Waals surface area contributed by atoms with Gasteiger partial charge in [0.25, 0.3) is 5.91 Å². The molecule has 2 atom stereocenters. The van der Waals surface area contributed by atoms with E-state index in [0.29, 0.717) is 27.8 Å². The zero-order valence-corrected chi connectivity index (χ0v) is 19.0. The van der Waals surface area contributed by atoms with Crippen molar-refractivity contribution in [1.29, 1.82) is 0 Å². The van der Waals surface area contributed by atoms with Gasteiger partial charge in [-0.25, -0.2) is 4.39 Å². The average Bonchev–Trinajstić information content (AvgIpc) is 2.81. The van der Waals surface area contributed by atoms with Crippen molar-refractivity contribution >= 4 is 29.1 Å². The number of amides is 2. The summed E-state index contributed by atoms with van der Waals surface area (Å²) in [4.78, 5) is 28.3. The van der Waals surface area contributed by atoms with E-state index in [2.05, 4.69) is 5.32 Å². The van der Waals surface area contributed by atoms with Crippen molar-refractivity contribution in [1.82, 2.24) is 4.90 Å². The van der Waals surface area contributed by atoms with Crippen molar-refractivity contribution in [3.05, 3.63) is 88.2 Å². The molecule has 0 aliphatic carbocycles. The highest BCUT2D eigenvalue weighted by Crippen LogP contribution is 2.46. The second kappa shape index (κ2) is 9.11. The van der Waals surface area contributed by atoms with Crippen molar-refractivity contribution in [2.24, 2.45) is 0 Å². The molecular formula is C25H22ClFN2O4. The number of fused-ring (bicyclic) bond motifs is 1. The maximum Gasteiger partial charge on any atom is 0.254 e. The number of anilines is 1. The van der Waals surface area contributed by atoms with E-state index in [1.807, 2.05) is 0 Å². The molecule has 0 bridgehead atoms. The molecule has 0 spiro atoms. The van der Waals surface area contributed by atoms with Crippen LogP contribution in [0.4, 0.5) is 10.1 Å². The molecule has 3 aromatic carbocycles. The van der Waals surface area contributed by atoms with Crippen molar-refractivity contribution in [3.63, 3.8) is 0 Å². The van der Waals surface area contributed by atoms with Gasteiger partial charge in [0.2, 0.25) is 5.91 Å². The molecule has 8 heteroatoms. The molecule has 0 saturated heterocycles. The highest BCUT2D eigenvalue weighted by atomic mass is 35.5. The molecule has 0 fully saturated rings. The zero-order chi connectivity index (χ0) is 23.7. The van der Waals surface area contributed by atoms with Gasteiger partial charge in [0.05, 0.1) is 26.2 Å². The number of nitrogens with one attached hydrogen (secondary N) is 1. The van der Waals surface area contributed by atoms with Gasteiger partial charge in [0, 0.05) is 28.9 Å². The third-order valence-electron chi connectivity index (χ3n) is 5.77. The van der Waals surface area contributed by atoms with Crippen LogP contribution in [0.15, 0.2) is 60.7 Å². The van der Waals surface area contributed by atoms with Gasteiger partial charge in [-0.2, -0.15) is 0 Å². The van der Waals surface area contributed by atoms with Crippen molar-refractivity contribution in [2.75, 3.05) is 26.6 Å². The van der Waals surface area contributed by atoms with E-state index < -0.39 is 23.7 Å². The lowest BCUT2D eigenvalue weighted by atomic mass is 9.79. The Kier molecular flexibility index (Phi) is 6.24. The van der Waals surface area contributed by atoms with Gasteiger partial charge in [-0.15, -0.1) is 0 Å². The SMILES string of the molecule is COc1cc2c(cc1OC)C(C(=O)Nc1cccc(Cl)c1)C(c1ccccc1F)N(C)C2=O. The predicted molar refractivity (Wildman–Crippen MR) is 124 cm³/mol. The number of likely N-dealkylation sites (N-methyl/N-ethyl adjacent to an activating group) is 1. The van der Waals surface area contributed by atoms with Crippen molar-refractivity contribution < 1.29 is 23.5 Å². The highest BCUT2D eigenvalue weighted by Gasteiger charge is 2.44. The number of carbonyl (C=O) groups excluding carboxylic acids is 2. The molecule has 0 aromatic heterocycles.